The largest absolute Gasteiger partial charge is 0.481 e. The third kappa shape index (κ3) is 16.3. The second kappa shape index (κ2) is 22.4. The highest BCUT2D eigenvalue weighted by atomic mass is 16.4. The summed E-state index contributed by atoms with van der Waals surface area (Å²) in [5.74, 6) is -10.5. The van der Waals surface area contributed by atoms with E-state index in [2.05, 4.69) is 36.6 Å². The average Bonchev–Trinajstić information content (AvgIpc) is 3.58. The molecule has 0 aliphatic carbocycles. The number of carboxylic acid groups (broad SMARTS) is 2. The molecule has 1 rings (SSSR count). The molecule has 0 aliphatic rings. The number of nitrogens with two attached hydrogens (primary N) is 2. The Labute approximate surface area is 309 Å². The van der Waals surface area contributed by atoms with Crippen LogP contribution in [-0.2, 0) is 49.6 Å². The van der Waals surface area contributed by atoms with Crippen molar-refractivity contribution in [2.75, 3.05) is 6.61 Å². The number of hydrogen-bond donors (Lipinski definition) is 13. The van der Waals surface area contributed by atoms with Crippen molar-refractivity contribution < 1.29 is 63.6 Å². The summed E-state index contributed by atoms with van der Waals surface area (Å²) in [5, 5.41) is 51.4. The average molecular weight is 771 g/mol. The fraction of sp³-hybridized carbons (Fsp3) is 0.613. The maximum atomic E-state index is 13.4. The van der Waals surface area contributed by atoms with E-state index in [9.17, 15) is 58.5 Å². The van der Waals surface area contributed by atoms with Crippen LogP contribution in [0.3, 0.4) is 0 Å². The lowest BCUT2D eigenvalue weighted by Gasteiger charge is -2.27. The highest BCUT2D eigenvalue weighted by Crippen LogP contribution is 2.09. The number of hydrogen-bond acceptors (Lipinski definition) is 13. The van der Waals surface area contributed by atoms with Crippen LogP contribution in [0, 0.1) is 5.92 Å². The van der Waals surface area contributed by atoms with Gasteiger partial charge in [-0.25, -0.2) is 9.78 Å². The molecular weight excluding hydrogens is 720 g/mol. The van der Waals surface area contributed by atoms with E-state index >= 15 is 0 Å². The number of primary amides is 1. The Kier molecular flexibility index (Phi) is 19.2. The molecule has 1 aromatic heterocycles. The number of aliphatic hydroxyl groups excluding tert-OH is 2. The van der Waals surface area contributed by atoms with Crippen molar-refractivity contribution >= 4 is 53.3 Å². The first-order valence-corrected chi connectivity index (χ1v) is 16.7. The molecule has 1 heterocycles. The first kappa shape index (κ1) is 46.3. The lowest BCUT2D eigenvalue weighted by atomic mass is 10.0. The van der Waals surface area contributed by atoms with Gasteiger partial charge in [-0.3, -0.25) is 38.4 Å². The van der Waals surface area contributed by atoms with E-state index < -0.39 is 128 Å². The van der Waals surface area contributed by atoms with Gasteiger partial charge >= 0.3 is 11.9 Å². The van der Waals surface area contributed by atoms with E-state index in [1.807, 2.05) is 5.32 Å². The molecule has 15 N–H and O–H groups in total. The van der Waals surface area contributed by atoms with Gasteiger partial charge in [0.05, 0.1) is 31.5 Å². The number of nitrogens with one attached hydrogen (secondary N) is 7. The van der Waals surface area contributed by atoms with Gasteiger partial charge in [-0.15, -0.1) is 0 Å². The number of carbonyl (C=O) groups excluding carboxylic acids is 7. The Morgan fingerprint density at radius 1 is 0.759 bits per heavy atom. The Morgan fingerprint density at radius 3 is 1.80 bits per heavy atom. The number of aliphatic carboxylic acids is 2. The minimum absolute atomic E-state index is 0.0721. The molecule has 54 heavy (non-hydrogen) atoms. The smallest absolute Gasteiger partial charge is 0.328 e. The SMILES string of the molecule is CC(C)C[C@H](NC(=O)[C@H](CC(N)=O)NC(=O)[C@H](CO)NC(=O)[C@H](C)NC(=O)[C@@H](N)Cc1cnc[nH]1)C(=O)N[C@@H](CCC(=O)O)C(=O)N[C@H](C(=O)O)[C@@H](C)O. The van der Waals surface area contributed by atoms with Crippen LogP contribution in [0.15, 0.2) is 12.5 Å². The fourth-order valence-corrected chi connectivity index (χ4v) is 4.71. The fourth-order valence-electron chi connectivity index (χ4n) is 4.71. The van der Waals surface area contributed by atoms with Crippen LogP contribution in [0.5, 0.6) is 0 Å². The van der Waals surface area contributed by atoms with E-state index in [1.165, 1.54) is 19.4 Å². The summed E-state index contributed by atoms with van der Waals surface area (Å²) in [6.07, 6.45) is -0.732. The molecule has 1 aromatic rings. The number of imidazole rings is 1. The van der Waals surface area contributed by atoms with Crippen LogP contribution in [0.1, 0.15) is 59.1 Å². The van der Waals surface area contributed by atoms with E-state index in [-0.39, 0.29) is 18.8 Å². The van der Waals surface area contributed by atoms with Gasteiger partial charge in [0, 0.05) is 24.7 Å². The molecule has 0 fully saturated rings. The number of carbonyl (C=O) groups is 9. The molecule has 0 bridgehead atoms. The van der Waals surface area contributed by atoms with Crippen molar-refractivity contribution in [2.24, 2.45) is 17.4 Å². The predicted molar refractivity (Wildman–Crippen MR) is 184 cm³/mol. The number of nitrogens with zero attached hydrogens (tertiary/aromatic N) is 1. The van der Waals surface area contributed by atoms with Gasteiger partial charge in [-0.1, -0.05) is 13.8 Å². The standard InChI is InChI=1S/C31H50N10O13/c1-13(2)7-19(28(50)37-18(5-6-23(45)46)27(49)41-24(15(4)43)31(53)54)38-29(51)20(9-22(33)44)39-30(52)21(11-42)40-25(47)14(3)36-26(48)17(32)8-16-10-34-12-35-16/h10,12-15,17-21,24,42-43H,5-9,11,32H2,1-4H3,(H2,33,44)(H,34,35)(H,36,48)(H,37,50)(H,38,51)(H,39,52)(H,40,47)(H,41,49)(H,45,46)(H,53,54)/t14-,15+,17-,18-,19-,20-,21-,24-/m0/s1. The second-order valence-corrected chi connectivity index (χ2v) is 12.8. The monoisotopic (exact) mass is 770 g/mol. The molecule has 8 atom stereocenters. The van der Waals surface area contributed by atoms with Crippen LogP contribution in [0.4, 0.5) is 0 Å². The van der Waals surface area contributed by atoms with Crippen LogP contribution >= 0.6 is 0 Å². The zero-order valence-corrected chi connectivity index (χ0v) is 30.2. The molecule has 23 heteroatoms. The van der Waals surface area contributed by atoms with Gasteiger partial charge in [0.25, 0.3) is 0 Å². The summed E-state index contributed by atoms with van der Waals surface area (Å²) in [6, 6.07) is -10.7. The third-order valence-electron chi connectivity index (χ3n) is 7.60. The number of H-pyrrole nitrogens is 1. The first-order valence-electron chi connectivity index (χ1n) is 16.7. The molecule has 23 nitrogen and oxygen atoms in total. The molecule has 0 radical (unpaired) electrons. The van der Waals surface area contributed by atoms with E-state index in [0.717, 1.165) is 6.92 Å². The molecule has 7 amide bonds. The lowest BCUT2D eigenvalue weighted by Crippen LogP contribution is -2.61. The Morgan fingerprint density at radius 2 is 1.30 bits per heavy atom. The molecule has 0 aromatic carbocycles. The lowest BCUT2D eigenvalue weighted by molar-refractivity contribution is -0.145. The van der Waals surface area contributed by atoms with Crippen LogP contribution in [0.2, 0.25) is 0 Å². The van der Waals surface area contributed by atoms with E-state index in [0.29, 0.717) is 5.69 Å². The third-order valence-corrected chi connectivity index (χ3v) is 7.60. The number of aromatic nitrogens is 2. The Bertz CT molecular complexity index is 1490. The maximum absolute atomic E-state index is 13.4. The normalized spacial score (nSPS) is 15.5. The van der Waals surface area contributed by atoms with Gasteiger partial charge in [-0.05, 0) is 32.6 Å². The molecule has 0 aliphatic heterocycles. The van der Waals surface area contributed by atoms with Crippen LogP contribution in [-0.4, -0.2) is 139 Å². The topological polar surface area (TPSA) is 387 Å². The summed E-state index contributed by atoms with van der Waals surface area (Å²) in [5.41, 5.74) is 11.7. The van der Waals surface area contributed by atoms with Crippen molar-refractivity contribution in [3.05, 3.63) is 18.2 Å². The number of aromatic amines is 1. The molecule has 0 saturated carbocycles. The highest BCUT2D eigenvalue weighted by Gasteiger charge is 2.34. The molecule has 0 saturated heterocycles. The summed E-state index contributed by atoms with van der Waals surface area (Å²) in [7, 11) is 0. The Hall–Kier alpha value is -5.68. The van der Waals surface area contributed by atoms with Crippen molar-refractivity contribution in [2.45, 2.75) is 108 Å². The highest BCUT2D eigenvalue weighted by molar-refractivity contribution is 5.98. The summed E-state index contributed by atoms with van der Waals surface area (Å²) >= 11 is 0. The van der Waals surface area contributed by atoms with Gasteiger partial charge in [-0.2, -0.15) is 0 Å². The minimum Gasteiger partial charge on any atom is -0.481 e. The molecule has 302 valence electrons. The Balaban J connectivity index is 3.10. The van der Waals surface area contributed by atoms with Crippen molar-refractivity contribution in [1.82, 2.24) is 41.9 Å². The number of amides is 7. The maximum Gasteiger partial charge on any atom is 0.328 e. The molecule has 0 spiro atoms. The van der Waals surface area contributed by atoms with Gasteiger partial charge in [0.15, 0.2) is 6.04 Å². The van der Waals surface area contributed by atoms with Crippen LogP contribution < -0.4 is 43.4 Å². The van der Waals surface area contributed by atoms with Gasteiger partial charge < -0.3 is 68.8 Å². The summed E-state index contributed by atoms with van der Waals surface area (Å²) < 4.78 is 0. The van der Waals surface area contributed by atoms with Crippen molar-refractivity contribution in [3.8, 4) is 0 Å². The zero-order valence-electron chi connectivity index (χ0n) is 30.2. The van der Waals surface area contributed by atoms with E-state index in [4.69, 9.17) is 16.6 Å². The van der Waals surface area contributed by atoms with Gasteiger partial charge in [0.1, 0.15) is 30.2 Å². The second-order valence-electron chi connectivity index (χ2n) is 12.8. The summed E-state index contributed by atoms with van der Waals surface area (Å²) in [6.45, 7) is 4.68. The number of carboxylic acids is 2. The molecule has 0 unspecified atom stereocenters. The quantitative estimate of drug-likeness (QED) is 0.0466. The van der Waals surface area contributed by atoms with E-state index in [1.54, 1.807) is 13.8 Å². The summed E-state index contributed by atoms with van der Waals surface area (Å²) in [4.78, 5) is 119. The van der Waals surface area contributed by atoms with Crippen LogP contribution in [0.25, 0.3) is 0 Å². The minimum atomic E-state index is -1.81. The number of rotatable bonds is 24. The first-order chi connectivity index (χ1) is 25.2. The van der Waals surface area contributed by atoms with Gasteiger partial charge in [0.2, 0.25) is 41.4 Å². The van der Waals surface area contributed by atoms with Crippen molar-refractivity contribution in [1.29, 1.82) is 0 Å². The zero-order chi connectivity index (χ0) is 41.3. The molecular formula is C31H50N10O13. The van der Waals surface area contributed by atoms with Crippen molar-refractivity contribution in [3.63, 3.8) is 0 Å². The number of aliphatic hydroxyl groups is 2. The predicted octanol–water partition coefficient (Wildman–Crippen LogP) is -5.55.